The molecule has 0 aliphatic carbocycles. The highest BCUT2D eigenvalue weighted by molar-refractivity contribution is 6.09. The summed E-state index contributed by atoms with van der Waals surface area (Å²) in [7, 11) is 0. The number of carbonyl (C=O) groups excluding carboxylic acids is 4. The maximum absolute atomic E-state index is 13.3. The molecule has 6 heterocycles. The summed E-state index contributed by atoms with van der Waals surface area (Å²) in [6.45, 7) is 15.2. The van der Waals surface area contributed by atoms with Crippen LogP contribution in [-0.2, 0) is 36.7 Å². The summed E-state index contributed by atoms with van der Waals surface area (Å²) in [6.07, 6.45) is 2.66. The lowest BCUT2D eigenvalue weighted by atomic mass is 9.85. The van der Waals surface area contributed by atoms with Crippen molar-refractivity contribution in [3.05, 3.63) is 81.4 Å². The molecule has 10 nitrogen and oxygen atoms in total. The van der Waals surface area contributed by atoms with Gasteiger partial charge in [-0.25, -0.2) is 9.78 Å². The molecule has 3 aliphatic heterocycles. The Morgan fingerprint density at radius 2 is 1.78 bits per heavy atom. The molecule has 2 N–H and O–H groups in total. The van der Waals surface area contributed by atoms with Crippen molar-refractivity contribution in [2.45, 2.75) is 79.1 Å². The van der Waals surface area contributed by atoms with E-state index in [0.29, 0.717) is 34.3 Å². The van der Waals surface area contributed by atoms with E-state index >= 15 is 0 Å². The number of esters is 4. The highest BCUT2D eigenvalue weighted by atomic mass is 16.6. The number of hydrogen-bond acceptors (Lipinski definition) is 8. The van der Waals surface area contributed by atoms with Crippen LogP contribution in [0.15, 0.2) is 30.9 Å². The number of allylic oxidation sites excluding steroid dienone is 3. The second kappa shape index (κ2) is 11.7. The van der Waals surface area contributed by atoms with Gasteiger partial charge in [-0.05, 0) is 74.1 Å². The average Bonchev–Trinajstić information content (AvgIpc) is 3.64. The van der Waals surface area contributed by atoms with Crippen molar-refractivity contribution in [2.75, 3.05) is 0 Å². The van der Waals surface area contributed by atoms with Crippen LogP contribution in [-0.4, -0.2) is 43.8 Å². The normalized spacial score (nSPS) is 17.5. The molecule has 0 fully saturated rings. The lowest BCUT2D eigenvalue weighted by Crippen LogP contribution is -2.14. The van der Waals surface area contributed by atoms with Gasteiger partial charge in [-0.2, -0.15) is 0 Å². The van der Waals surface area contributed by atoms with Crippen molar-refractivity contribution in [3.8, 4) is 0 Å². The lowest BCUT2D eigenvalue weighted by molar-refractivity contribution is -0.158. The fourth-order valence-corrected chi connectivity index (χ4v) is 6.91. The number of fused-ring (bicyclic) bond motifs is 8. The van der Waals surface area contributed by atoms with E-state index in [4.69, 9.17) is 19.4 Å². The van der Waals surface area contributed by atoms with Gasteiger partial charge in [0.25, 0.3) is 0 Å². The zero-order valence-electron chi connectivity index (χ0n) is 26.8. The van der Waals surface area contributed by atoms with Crippen LogP contribution in [0.4, 0.5) is 0 Å². The van der Waals surface area contributed by atoms with Gasteiger partial charge in [-0.1, -0.05) is 26.5 Å². The second-order valence-electron chi connectivity index (χ2n) is 12.1. The molecule has 236 valence electrons. The topological polar surface area (TPSA) is 144 Å². The largest absolute Gasteiger partial charge is 0.393 e. The molecule has 0 saturated heterocycles. The molecule has 0 unspecified atom stereocenters. The van der Waals surface area contributed by atoms with Crippen LogP contribution >= 0.6 is 0 Å². The molecule has 3 aliphatic rings. The first-order valence-corrected chi connectivity index (χ1v) is 15.5. The quantitative estimate of drug-likeness (QED) is 0.240. The number of aromatic amines is 2. The van der Waals surface area contributed by atoms with E-state index in [1.54, 1.807) is 0 Å². The predicted molar refractivity (Wildman–Crippen MR) is 174 cm³/mol. The summed E-state index contributed by atoms with van der Waals surface area (Å²) in [6, 6.07) is 5.95. The minimum absolute atomic E-state index is 0.0331. The Morgan fingerprint density at radius 3 is 2.48 bits per heavy atom. The summed E-state index contributed by atoms with van der Waals surface area (Å²) < 4.78 is 10.1. The van der Waals surface area contributed by atoms with E-state index in [1.807, 2.05) is 45.0 Å². The van der Waals surface area contributed by atoms with Crippen LogP contribution < -0.4 is 0 Å². The van der Waals surface area contributed by atoms with Gasteiger partial charge >= 0.3 is 23.9 Å². The Morgan fingerprint density at radius 1 is 1.04 bits per heavy atom. The fourth-order valence-electron chi connectivity index (χ4n) is 6.91. The van der Waals surface area contributed by atoms with Gasteiger partial charge < -0.3 is 19.4 Å². The molecule has 10 heteroatoms. The highest BCUT2D eigenvalue weighted by Crippen LogP contribution is 2.43. The van der Waals surface area contributed by atoms with Gasteiger partial charge in [-0.3, -0.25) is 19.4 Å². The third-order valence-corrected chi connectivity index (χ3v) is 9.39. The number of nitrogens with zero attached hydrogens (tertiary/aromatic N) is 2. The maximum Gasteiger partial charge on any atom is 0.348 e. The second-order valence-corrected chi connectivity index (χ2v) is 12.1. The number of cyclic esters (lactones) is 2. The van der Waals surface area contributed by atoms with Crippen molar-refractivity contribution in [1.29, 1.82) is 0 Å². The summed E-state index contributed by atoms with van der Waals surface area (Å²) in [5, 5.41) is 0. The molecular formula is C36H36N4O6. The third-order valence-electron chi connectivity index (χ3n) is 9.39. The summed E-state index contributed by atoms with van der Waals surface area (Å²) in [5.41, 5.74) is 11.3. The first-order valence-electron chi connectivity index (χ1n) is 15.5. The standard InChI is InChI=1S/C36H36N4O6/c1-8-21-16(3)25-13-27-18(5)23(10-11-31(42)45-20(7)41)34(39-27)24-12-32(43)46-36(44)33-19(6)28(40-35(24)33)15-30-22(9-2)17(4)26(38-30)14-29(21)37-25/h8,13-15,18,23,38,40H,1,9-12H2,2-7H3/t18-,23-/m0/s1. The molecular weight excluding hydrogens is 584 g/mol. The van der Waals surface area contributed by atoms with Crippen molar-refractivity contribution >= 4 is 57.1 Å². The van der Waals surface area contributed by atoms with Gasteiger partial charge in [0.05, 0.1) is 34.6 Å². The molecule has 2 atom stereocenters. The Bertz CT molecular complexity index is 2080. The number of rotatable bonds is 5. The van der Waals surface area contributed by atoms with Gasteiger partial charge in [0.1, 0.15) is 0 Å². The molecule has 0 amide bonds. The first kappa shape index (κ1) is 30.9. The van der Waals surface area contributed by atoms with E-state index in [0.717, 1.165) is 56.8 Å². The number of carbonyl (C=O) groups is 4. The number of ether oxygens (including phenoxy) is 2. The van der Waals surface area contributed by atoms with Gasteiger partial charge in [0.15, 0.2) is 0 Å². The van der Waals surface area contributed by atoms with Crippen LogP contribution in [0.3, 0.4) is 0 Å². The van der Waals surface area contributed by atoms with E-state index in [9.17, 15) is 19.2 Å². The minimum Gasteiger partial charge on any atom is -0.393 e. The zero-order valence-corrected chi connectivity index (χ0v) is 26.8. The van der Waals surface area contributed by atoms with E-state index in [1.165, 1.54) is 6.92 Å². The number of H-pyrrole nitrogens is 2. The summed E-state index contributed by atoms with van der Waals surface area (Å²) in [5.74, 6) is -3.25. The molecule has 8 bridgehead atoms. The van der Waals surface area contributed by atoms with Crippen LogP contribution in [0.2, 0.25) is 0 Å². The van der Waals surface area contributed by atoms with Crippen molar-refractivity contribution in [1.82, 2.24) is 19.9 Å². The number of nitrogens with one attached hydrogen (secondary N) is 2. The summed E-state index contributed by atoms with van der Waals surface area (Å²) >= 11 is 0. The predicted octanol–water partition coefficient (Wildman–Crippen LogP) is 6.61. The van der Waals surface area contributed by atoms with Crippen LogP contribution in [0, 0.1) is 13.8 Å². The first-order chi connectivity index (χ1) is 21.9. The Labute approximate surface area is 266 Å². The molecule has 3 aromatic rings. The van der Waals surface area contributed by atoms with Crippen LogP contribution in [0.5, 0.6) is 0 Å². The summed E-state index contributed by atoms with van der Waals surface area (Å²) in [4.78, 5) is 67.3. The number of aromatic nitrogens is 4. The molecule has 46 heavy (non-hydrogen) atoms. The molecule has 3 aromatic heterocycles. The van der Waals surface area contributed by atoms with Gasteiger partial charge in [-0.15, -0.1) is 0 Å². The Hall–Kier alpha value is -5.12. The molecule has 6 rings (SSSR count). The molecule has 0 spiro atoms. The van der Waals surface area contributed by atoms with Crippen molar-refractivity contribution in [2.24, 2.45) is 0 Å². The number of hydrogen-bond donors (Lipinski definition) is 2. The zero-order chi connectivity index (χ0) is 33.0. The smallest absolute Gasteiger partial charge is 0.348 e. The molecule has 0 aromatic carbocycles. The van der Waals surface area contributed by atoms with Crippen molar-refractivity contribution < 1.29 is 28.7 Å². The lowest BCUT2D eigenvalue weighted by Gasteiger charge is -2.17. The van der Waals surface area contributed by atoms with Gasteiger partial charge in [0, 0.05) is 58.6 Å². The molecule has 0 radical (unpaired) electrons. The van der Waals surface area contributed by atoms with E-state index in [-0.39, 0.29) is 30.2 Å². The third kappa shape index (κ3) is 5.17. The fraction of sp³-hybridized carbons (Fsp3) is 0.333. The van der Waals surface area contributed by atoms with E-state index < -0.39 is 23.9 Å². The monoisotopic (exact) mass is 620 g/mol. The van der Waals surface area contributed by atoms with Crippen LogP contribution in [0.25, 0.3) is 33.2 Å². The number of aryl methyl sites for hydroxylation is 3. The van der Waals surface area contributed by atoms with E-state index in [2.05, 4.69) is 30.4 Å². The molecule has 0 saturated carbocycles. The minimum atomic E-state index is -0.724. The van der Waals surface area contributed by atoms with Crippen molar-refractivity contribution in [3.63, 3.8) is 0 Å². The van der Waals surface area contributed by atoms with Gasteiger partial charge in [0.2, 0.25) is 0 Å². The Kier molecular flexibility index (Phi) is 7.83. The highest BCUT2D eigenvalue weighted by Gasteiger charge is 2.36. The average molecular weight is 621 g/mol. The van der Waals surface area contributed by atoms with Crippen LogP contribution in [0.1, 0.15) is 108 Å². The SMILES string of the molecule is C=CC1=C(C)c2cc3nc(c4c5[nH]c(cc6[nH]c(cc1n2)c(C)c6CC)c(C)c5C(=O)OC(=O)C4)[C@@H](CCC(=O)OC(C)=O)[C@@H]3C. The Balaban J connectivity index is 1.74. The maximum atomic E-state index is 13.3.